The van der Waals surface area contributed by atoms with Gasteiger partial charge in [-0.25, -0.2) is 8.42 Å². The molecule has 1 aliphatic rings. The van der Waals surface area contributed by atoms with E-state index < -0.39 is 9.84 Å². The molecule has 1 atom stereocenters. The van der Waals surface area contributed by atoms with Gasteiger partial charge in [0.05, 0.1) is 18.6 Å². The number of carbonyl (C=O) groups excluding carboxylic acids is 1. The van der Waals surface area contributed by atoms with Gasteiger partial charge in [-0.05, 0) is 43.7 Å². The molecule has 0 saturated carbocycles. The zero-order valence-corrected chi connectivity index (χ0v) is 16.1. The number of ether oxygens (including phenoxy) is 1. The van der Waals surface area contributed by atoms with Crippen LogP contribution < -0.4 is 15.0 Å². The molecule has 0 radical (unpaired) electrons. The minimum absolute atomic E-state index is 0.0912. The number of carbonyl (C=O) groups is 1. The molecule has 1 aliphatic heterocycles. The molecule has 2 heterocycles. The third-order valence-electron chi connectivity index (χ3n) is 4.51. The van der Waals surface area contributed by atoms with Gasteiger partial charge in [-0.15, -0.1) is 10.2 Å². The smallest absolute Gasteiger partial charge is 0.256 e. The van der Waals surface area contributed by atoms with E-state index in [4.69, 9.17) is 4.74 Å². The monoisotopic (exact) mass is 390 g/mol. The molecule has 144 valence electrons. The first-order valence-corrected chi connectivity index (χ1v) is 10.5. The van der Waals surface area contributed by atoms with Crippen molar-refractivity contribution in [3.63, 3.8) is 0 Å². The summed E-state index contributed by atoms with van der Waals surface area (Å²) in [6, 6.07) is 10.1. The van der Waals surface area contributed by atoms with Crippen LogP contribution in [0.25, 0.3) is 0 Å². The van der Waals surface area contributed by atoms with Crippen LogP contribution in [0.4, 0.5) is 11.6 Å². The number of anilines is 2. The Morgan fingerprint density at radius 3 is 2.70 bits per heavy atom. The van der Waals surface area contributed by atoms with Crippen LogP contribution in [-0.2, 0) is 9.84 Å². The molecule has 0 aliphatic carbocycles. The van der Waals surface area contributed by atoms with Crippen molar-refractivity contribution in [3.8, 4) is 5.75 Å². The summed E-state index contributed by atoms with van der Waals surface area (Å²) in [7, 11) is -1.44. The standard InChI is InChI=1S/C18H22N4O4S/c1-3-22(14-9-10-27(24,25)12-14)17-8-7-16(20-21-17)19-18(23)13-5-4-6-15(11-13)26-2/h4-8,11,14H,3,9-10,12H2,1-2H3,(H,19,20,23). The molecule has 1 aromatic carbocycles. The lowest BCUT2D eigenvalue weighted by atomic mass is 10.2. The molecule has 27 heavy (non-hydrogen) atoms. The number of rotatable bonds is 6. The summed E-state index contributed by atoms with van der Waals surface area (Å²) >= 11 is 0. The van der Waals surface area contributed by atoms with Gasteiger partial charge in [-0.1, -0.05) is 6.07 Å². The predicted octanol–water partition coefficient (Wildman–Crippen LogP) is 1.75. The third-order valence-corrected chi connectivity index (χ3v) is 6.26. The fourth-order valence-corrected chi connectivity index (χ4v) is 4.86. The lowest BCUT2D eigenvalue weighted by molar-refractivity contribution is 0.102. The first-order valence-electron chi connectivity index (χ1n) is 8.68. The third kappa shape index (κ3) is 4.54. The minimum Gasteiger partial charge on any atom is -0.497 e. The summed E-state index contributed by atoms with van der Waals surface area (Å²) in [6.07, 6.45) is 0.589. The first-order chi connectivity index (χ1) is 12.9. The highest BCUT2D eigenvalue weighted by Crippen LogP contribution is 2.23. The predicted molar refractivity (Wildman–Crippen MR) is 103 cm³/mol. The number of benzene rings is 1. The fourth-order valence-electron chi connectivity index (χ4n) is 3.13. The lowest BCUT2D eigenvalue weighted by Crippen LogP contribution is -2.36. The molecule has 1 saturated heterocycles. The van der Waals surface area contributed by atoms with Gasteiger partial charge >= 0.3 is 0 Å². The number of sulfone groups is 1. The van der Waals surface area contributed by atoms with Crippen molar-refractivity contribution in [2.45, 2.75) is 19.4 Å². The molecule has 1 aromatic heterocycles. The number of aromatic nitrogens is 2. The van der Waals surface area contributed by atoms with E-state index in [0.717, 1.165) is 0 Å². The lowest BCUT2D eigenvalue weighted by Gasteiger charge is -2.27. The van der Waals surface area contributed by atoms with E-state index in [1.165, 1.54) is 7.11 Å². The molecule has 9 heteroatoms. The van der Waals surface area contributed by atoms with Crippen LogP contribution in [0.5, 0.6) is 5.75 Å². The summed E-state index contributed by atoms with van der Waals surface area (Å²) in [4.78, 5) is 14.3. The first kappa shape index (κ1) is 19.1. The van der Waals surface area contributed by atoms with Crippen molar-refractivity contribution in [2.24, 2.45) is 0 Å². The Morgan fingerprint density at radius 1 is 1.30 bits per heavy atom. The summed E-state index contributed by atoms with van der Waals surface area (Å²) in [5.74, 6) is 1.53. The van der Waals surface area contributed by atoms with E-state index in [1.807, 2.05) is 11.8 Å². The molecule has 1 unspecified atom stereocenters. The van der Waals surface area contributed by atoms with E-state index in [1.54, 1.807) is 36.4 Å². The number of nitrogens with one attached hydrogen (secondary N) is 1. The highest BCUT2D eigenvalue weighted by molar-refractivity contribution is 7.91. The van der Waals surface area contributed by atoms with Crippen molar-refractivity contribution in [3.05, 3.63) is 42.0 Å². The second-order valence-corrected chi connectivity index (χ2v) is 8.53. The van der Waals surface area contributed by atoms with E-state index in [2.05, 4.69) is 15.5 Å². The number of nitrogens with zero attached hydrogens (tertiary/aromatic N) is 3. The molecule has 1 N–H and O–H groups in total. The van der Waals surface area contributed by atoms with Crippen molar-refractivity contribution in [1.29, 1.82) is 0 Å². The van der Waals surface area contributed by atoms with Gasteiger partial charge in [0.15, 0.2) is 21.5 Å². The Balaban J connectivity index is 1.70. The van der Waals surface area contributed by atoms with Crippen molar-refractivity contribution in [1.82, 2.24) is 10.2 Å². The molecular weight excluding hydrogens is 368 g/mol. The number of hydrogen-bond donors (Lipinski definition) is 1. The Bertz CT molecular complexity index is 915. The summed E-state index contributed by atoms with van der Waals surface area (Å²) in [5, 5.41) is 10.9. The summed E-state index contributed by atoms with van der Waals surface area (Å²) in [5.41, 5.74) is 0.451. The molecule has 2 aromatic rings. The van der Waals surface area contributed by atoms with E-state index in [0.29, 0.717) is 35.9 Å². The molecule has 3 rings (SSSR count). The van der Waals surface area contributed by atoms with Crippen molar-refractivity contribution < 1.29 is 17.9 Å². The van der Waals surface area contributed by atoms with Crippen LogP contribution >= 0.6 is 0 Å². The normalized spacial score (nSPS) is 18.1. The average molecular weight is 390 g/mol. The maximum atomic E-state index is 12.3. The van der Waals surface area contributed by atoms with E-state index in [-0.39, 0.29) is 23.5 Å². The molecule has 0 spiro atoms. The van der Waals surface area contributed by atoms with Crippen LogP contribution in [0.3, 0.4) is 0 Å². The molecule has 0 bridgehead atoms. The van der Waals surface area contributed by atoms with Crippen LogP contribution in [0.15, 0.2) is 36.4 Å². The van der Waals surface area contributed by atoms with Crippen LogP contribution in [0.1, 0.15) is 23.7 Å². The topological polar surface area (TPSA) is 101 Å². The van der Waals surface area contributed by atoms with Crippen LogP contribution in [0, 0.1) is 0 Å². The SMILES string of the molecule is CCN(c1ccc(NC(=O)c2cccc(OC)c2)nn1)C1CCS(=O)(=O)C1. The van der Waals surface area contributed by atoms with Gasteiger partial charge in [0.1, 0.15) is 5.75 Å². The van der Waals surface area contributed by atoms with Crippen molar-refractivity contribution >= 4 is 27.4 Å². The van der Waals surface area contributed by atoms with E-state index in [9.17, 15) is 13.2 Å². The quantitative estimate of drug-likeness (QED) is 0.802. The Hall–Kier alpha value is -2.68. The van der Waals surface area contributed by atoms with Crippen LogP contribution in [-0.4, -0.2) is 55.7 Å². The van der Waals surface area contributed by atoms with Crippen LogP contribution in [0.2, 0.25) is 0 Å². The van der Waals surface area contributed by atoms with Gasteiger partial charge in [-0.3, -0.25) is 4.79 Å². The molecule has 8 nitrogen and oxygen atoms in total. The highest BCUT2D eigenvalue weighted by atomic mass is 32.2. The Morgan fingerprint density at radius 2 is 2.11 bits per heavy atom. The van der Waals surface area contributed by atoms with Gasteiger partial charge in [0, 0.05) is 18.2 Å². The maximum Gasteiger partial charge on any atom is 0.256 e. The minimum atomic E-state index is -2.98. The number of hydrogen-bond acceptors (Lipinski definition) is 7. The maximum absolute atomic E-state index is 12.3. The zero-order valence-electron chi connectivity index (χ0n) is 15.3. The molecule has 1 fully saturated rings. The fraction of sp³-hybridized carbons (Fsp3) is 0.389. The Labute approximate surface area is 158 Å². The van der Waals surface area contributed by atoms with Gasteiger partial charge in [-0.2, -0.15) is 0 Å². The number of amides is 1. The molecular formula is C18H22N4O4S. The second-order valence-electron chi connectivity index (χ2n) is 6.31. The molecule has 1 amide bonds. The average Bonchev–Trinajstić information content (AvgIpc) is 3.03. The zero-order chi connectivity index (χ0) is 19.4. The second kappa shape index (κ2) is 7.91. The van der Waals surface area contributed by atoms with Gasteiger partial charge in [0.2, 0.25) is 0 Å². The number of methoxy groups -OCH3 is 1. The summed E-state index contributed by atoms with van der Waals surface area (Å²) in [6.45, 7) is 2.58. The largest absolute Gasteiger partial charge is 0.497 e. The van der Waals surface area contributed by atoms with Crippen molar-refractivity contribution in [2.75, 3.05) is 35.4 Å². The van der Waals surface area contributed by atoms with Gasteiger partial charge in [0.25, 0.3) is 5.91 Å². The van der Waals surface area contributed by atoms with Gasteiger partial charge < -0.3 is 15.0 Å². The van der Waals surface area contributed by atoms with E-state index >= 15 is 0 Å². The Kier molecular flexibility index (Phi) is 5.59. The highest BCUT2D eigenvalue weighted by Gasteiger charge is 2.32. The summed E-state index contributed by atoms with van der Waals surface area (Å²) < 4.78 is 28.6.